The Hall–Kier alpha value is -3.76. The first-order chi connectivity index (χ1) is 16.3. The molecule has 0 bridgehead atoms. The number of nitrogens with zero attached hydrogens (tertiary/aromatic N) is 6. The number of pyridine rings is 1. The summed E-state index contributed by atoms with van der Waals surface area (Å²) in [5.41, 5.74) is 0.641. The lowest BCUT2D eigenvalue weighted by Crippen LogP contribution is -2.39. The topological polar surface area (TPSA) is 71.2 Å². The first-order valence-electron chi connectivity index (χ1n) is 10.8. The summed E-state index contributed by atoms with van der Waals surface area (Å²) in [6.07, 6.45) is 0.138. The molecule has 1 fully saturated rings. The molecule has 0 aliphatic carbocycles. The average Bonchev–Trinajstić information content (AvgIpc) is 3.22. The smallest absolute Gasteiger partial charge is 0.356 e. The molecule has 1 aromatic carbocycles. The van der Waals surface area contributed by atoms with E-state index in [1.807, 2.05) is 13.0 Å². The largest absolute Gasteiger partial charge is 0.419 e. The Balaban J connectivity index is 1.35. The van der Waals surface area contributed by atoms with Crippen LogP contribution in [0.3, 0.4) is 0 Å². The van der Waals surface area contributed by atoms with Crippen LogP contribution in [0.4, 0.5) is 29.3 Å². The fourth-order valence-electron chi connectivity index (χ4n) is 4.15. The number of aryl methyl sites for hydroxylation is 1. The first-order valence-corrected chi connectivity index (χ1v) is 10.8. The van der Waals surface area contributed by atoms with E-state index in [1.54, 1.807) is 24.7 Å². The summed E-state index contributed by atoms with van der Waals surface area (Å²) in [4.78, 5) is 15.2. The van der Waals surface area contributed by atoms with Gasteiger partial charge in [-0.1, -0.05) is 6.07 Å². The van der Waals surface area contributed by atoms with E-state index in [-0.39, 0.29) is 11.6 Å². The van der Waals surface area contributed by atoms with Crippen LogP contribution >= 0.6 is 0 Å². The highest BCUT2D eigenvalue weighted by Crippen LogP contribution is 2.35. The first kappa shape index (κ1) is 22.1. The second-order valence-corrected chi connectivity index (χ2v) is 8.24. The summed E-state index contributed by atoms with van der Waals surface area (Å²) in [5, 5.41) is 7.77. The van der Waals surface area contributed by atoms with Crippen molar-refractivity contribution in [3.05, 3.63) is 66.0 Å². The number of fused-ring (bicyclic) bond motifs is 1. The lowest BCUT2D eigenvalue weighted by molar-refractivity contribution is -0.139. The van der Waals surface area contributed by atoms with Gasteiger partial charge < -0.3 is 10.2 Å². The lowest BCUT2D eigenvalue weighted by atomic mass is 10.0. The second kappa shape index (κ2) is 8.54. The molecule has 0 unspecified atom stereocenters. The monoisotopic (exact) mass is 471 g/mol. The lowest BCUT2D eigenvalue weighted by Gasteiger charge is -2.32. The van der Waals surface area contributed by atoms with Gasteiger partial charge in [0.1, 0.15) is 18.0 Å². The van der Waals surface area contributed by atoms with E-state index < -0.39 is 17.6 Å². The Labute approximate surface area is 192 Å². The van der Waals surface area contributed by atoms with E-state index in [0.717, 1.165) is 49.6 Å². The summed E-state index contributed by atoms with van der Waals surface area (Å²) < 4.78 is 54.8. The minimum Gasteiger partial charge on any atom is -0.356 e. The van der Waals surface area contributed by atoms with Crippen molar-refractivity contribution in [2.75, 3.05) is 23.3 Å². The molecule has 34 heavy (non-hydrogen) atoms. The second-order valence-electron chi connectivity index (χ2n) is 8.24. The quantitative estimate of drug-likeness (QED) is 0.434. The zero-order valence-electron chi connectivity index (χ0n) is 18.2. The molecule has 1 aliphatic rings. The Morgan fingerprint density at radius 2 is 1.85 bits per heavy atom. The summed E-state index contributed by atoms with van der Waals surface area (Å²) in [7, 11) is 0. The Morgan fingerprint density at radius 3 is 2.59 bits per heavy atom. The van der Waals surface area contributed by atoms with Crippen LogP contribution in [0.15, 0.2) is 48.9 Å². The van der Waals surface area contributed by atoms with Gasteiger partial charge in [-0.05, 0) is 49.6 Å². The molecule has 1 aliphatic heterocycles. The molecule has 0 spiro atoms. The van der Waals surface area contributed by atoms with Gasteiger partial charge in [-0.15, -0.1) is 5.10 Å². The molecule has 11 heteroatoms. The van der Waals surface area contributed by atoms with E-state index in [4.69, 9.17) is 0 Å². The molecule has 4 aromatic rings. The molecular weight excluding hydrogens is 450 g/mol. The van der Waals surface area contributed by atoms with Gasteiger partial charge in [0.15, 0.2) is 5.65 Å². The van der Waals surface area contributed by atoms with Gasteiger partial charge in [0.05, 0.1) is 5.56 Å². The zero-order chi connectivity index (χ0) is 23.9. The molecule has 176 valence electrons. The molecule has 5 rings (SSSR count). The maximum Gasteiger partial charge on any atom is 0.419 e. The fraction of sp³-hybridized carbons (Fsp3) is 0.304. The maximum atomic E-state index is 13.7. The van der Waals surface area contributed by atoms with Crippen molar-refractivity contribution in [1.82, 2.24) is 24.6 Å². The minimum atomic E-state index is -4.79. The SMILES string of the molecule is Cc1cc(N2CCC(Nc3nc4c(-c5ccc(F)c(C(F)(F)F)c5)cccn4n3)CC2)ncn1. The van der Waals surface area contributed by atoms with Crippen LogP contribution in [-0.2, 0) is 6.18 Å². The number of hydrogen-bond acceptors (Lipinski definition) is 6. The molecule has 0 amide bonds. The standard InChI is InChI=1S/C23H21F4N7/c1-14-11-20(29-13-28-14)33-9-6-16(7-10-33)30-22-31-21-17(3-2-8-34(21)32-22)15-4-5-19(24)18(12-15)23(25,26)27/h2-5,8,11-13,16H,6-7,9-10H2,1H3,(H,30,32). The Morgan fingerprint density at radius 1 is 1.06 bits per heavy atom. The van der Waals surface area contributed by atoms with Crippen LogP contribution in [0.2, 0.25) is 0 Å². The molecule has 1 N–H and O–H groups in total. The predicted molar refractivity (Wildman–Crippen MR) is 119 cm³/mol. The summed E-state index contributed by atoms with van der Waals surface area (Å²) in [5.74, 6) is -0.0172. The normalized spacial score (nSPS) is 15.1. The average molecular weight is 471 g/mol. The van der Waals surface area contributed by atoms with Crippen molar-refractivity contribution in [3.63, 3.8) is 0 Å². The third-order valence-electron chi connectivity index (χ3n) is 5.89. The molecule has 0 saturated carbocycles. The van der Waals surface area contributed by atoms with E-state index in [9.17, 15) is 17.6 Å². The van der Waals surface area contributed by atoms with Crippen LogP contribution < -0.4 is 10.2 Å². The van der Waals surface area contributed by atoms with E-state index >= 15 is 0 Å². The minimum absolute atomic E-state index is 0.141. The zero-order valence-corrected chi connectivity index (χ0v) is 18.2. The van der Waals surface area contributed by atoms with E-state index in [0.29, 0.717) is 17.2 Å². The van der Waals surface area contributed by atoms with Crippen LogP contribution in [0.1, 0.15) is 24.1 Å². The van der Waals surface area contributed by atoms with Gasteiger partial charge in [-0.3, -0.25) is 0 Å². The highest BCUT2D eigenvalue weighted by Gasteiger charge is 2.34. The van der Waals surface area contributed by atoms with Crippen molar-refractivity contribution in [1.29, 1.82) is 0 Å². The number of halogens is 4. The number of nitrogens with one attached hydrogen (secondary N) is 1. The van der Waals surface area contributed by atoms with Crippen molar-refractivity contribution >= 4 is 17.4 Å². The van der Waals surface area contributed by atoms with E-state index in [2.05, 4.69) is 30.3 Å². The number of piperidine rings is 1. The van der Waals surface area contributed by atoms with Gasteiger partial charge in [-0.25, -0.2) is 18.9 Å². The van der Waals surface area contributed by atoms with Gasteiger partial charge in [0.2, 0.25) is 5.95 Å². The van der Waals surface area contributed by atoms with Crippen molar-refractivity contribution in [2.45, 2.75) is 32.0 Å². The highest BCUT2D eigenvalue weighted by molar-refractivity contribution is 5.78. The fourth-order valence-corrected chi connectivity index (χ4v) is 4.15. The maximum absolute atomic E-state index is 13.7. The number of rotatable bonds is 4. The molecule has 1 saturated heterocycles. The van der Waals surface area contributed by atoms with Crippen molar-refractivity contribution in [3.8, 4) is 11.1 Å². The van der Waals surface area contributed by atoms with Crippen molar-refractivity contribution in [2.24, 2.45) is 0 Å². The van der Waals surface area contributed by atoms with Gasteiger partial charge >= 0.3 is 6.18 Å². The Kier molecular flexibility index (Phi) is 5.54. The van der Waals surface area contributed by atoms with Crippen LogP contribution in [0, 0.1) is 12.7 Å². The third kappa shape index (κ3) is 4.37. The molecule has 0 atom stereocenters. The van der Waals surface area contributed by atoms with Crippen LogP contribution in [0.25, 0.3) is 16.8 Å². The van der Waals surface area contributed by atoms with Gasteiger partial charge in [-0.2, -0.15) is 18.2 Å². The van der Waals surface area contributed by atoms with Crippen molar-refractivity contribution < 1.29 is 17.6 Å². The van der Waals surface area contributed by atoms with E-state index in [1.165, 1.54) is 10.6 Å². The number of aromatic nitrogens is 5. The molecule has 3 aromatic heterocycles. The molecule has 7 nitrogen and oxygen atoms in total. The number of benzene rings is 1. The Bertz CT molecular complexity index is 1330. The summed E-state index contributed by atoms with van der Waals surface area (Å²) in [6.45, 7) is 3.55. The summed E-state index contributed by atoms with van der Waals surface area (Å²) >= 11 is 0. The predicted octanol–water partition coefficient (Wildman–Crippen LogP) is 4.73. The third-order valence-corrected chi connectivity index (χ3v) is 5.89. The van der Waals surface area contributed by atoms with Gasteiger partial charge in [0.25, 0.3) is 0 Å². The highest BCUT2D eigenvalue weighted by atomic mass is 19.4. The van der Waals surface area contributed by atoms with Crippen LogP contribution in [0.5, 0.6) is 0 Å². The molecule has 4 heterocycles. The number of alkyl halides is 3. The van der Waals surface area contributed by atoms with Crippen LogP contribution in [-0.4, -0.2) is 43.7 Å². The van der Waals surface area contributed by atoms with Gasteiger partial charge in [0, 0.05) is 42.7 Å². The molecular formula is C23H21F4N7. The number of anilines is 2. The number of hydrogen-bond donors (Lipinski definition) is 1. The molecule has 0 radical (unpaired) electrons. The summed E-state index contributed by atoms with van der Waals surface area (Å²) in [6, 6.07) is 8.34.